The molecule has 0 aliphatic rings. The van der Waals surface area contributed by atoms with Gasteiger partial charge in [-0.05, 0) is 131 Å². The van der Waals surface area contributed by atoms with Gasteiger partial charge in [-0.1, -0.05) is 58.4 Å². The molecule has 4 rings (SSSR count). The van der Waals surface area contributed by atoms with Crippen LogP contribution in [0.1, 0.15) is 83.1 Å². The zero-order valence-corrected chi connectivity index (χ0v) is 43.9. The van der Waals surface area contributed by atoms with Gasteiger partial charge in [0.2, 0.25) is 0 Å². The summed E-state index contributed by atoms with van der Waals surface area (Å²) in [6.07, 6.45) is -0.486. The van der Waals surface area contributed by atoms with Crippen molar-refractivity contribution in [2.24, 2.45) is 0 Å². The molecule has 22 heteroatoms. The van der Waals surface area contributed by atoms with Crippen molar-refractivity contribution in [1.82, 2.24) is 0 Å². The van der Waals surface area contributed by atoms with Gasteiger partial charge in [-0.2, -0.15) is 0 Å². The highest BCUT2D eigenvalue weighted by Gasteiger charge is 2.24. The minimum atomic E-state index is -3.49. The fraction of sp³-hybridized carbons (Fsp3) is 0.391. The summed E-state index contributed by atoms with van der Waals surface area (Å²) in [4.78, 5) is 48.6. The maximum absolute atomic E-state index is 12.4. The topological polar surface area (TPSA) is 262 Å². The highest BCUT2D eigenvalue weighted by atomic mass is 79.9. The van der Waals surface area contributed by atoms with E-state index in [4.69, 9.17) is 29.0 Å². The summed E-state index contributed by atoms with van der Waals surface area (Å²) < 4.78 is 68.5. The Labute approximate surface area is 408 Å². The number of nitrogens with one attached hydrogen (secondary N) is 4. The predicted molar refractivity (Wildman–Crippen MR) is 268 cm³/mol. The number of hydrogen-bond acceptors (Lipinski definition) is 14. The standard InChI is InChI=1S/C23H30N2O6S.C16H23BrN2O4.C7H9BO4S/c1-22(2,3)30-20(26)24-17-13-12-15(14-18(17)25-21(27)31-23(4,5)6)16-10-8-9-11-19(16)32(7,28)29;1-15(2,3)22-13(20)18-11-8-7-10(17)9-12(11)19-14(21)23-16(4,5)6;1-13(11,12)7-5-3-2-4-6(7)8(9)10/h8-14H,1-7H3,(H,24,26)(H,25,27);7-9H,1-6H3,(H,18,20)(H,19,21);2-5,9-10H,1H3. The van der Waals surface area contributed by atoms with Crippen molar-refractivity contribution in [2.45, 2.75) is 115 Å². The van der Waals surface area contributed by atoms with Crippen molar-refractivity contribution in [3.8, 4) is 11.1 Å². The molecule has 4 amide bonds. The maximum Gasteiger partial charge on any atom is 0.489 e. The summed E-state index contributed by atoms with van der Waals surface area (Å²) in [7, 11) is -8.65. The molecular formula is C46H62BBrN4O14S2. The van der Waals surface area contributed by atoms with Crippen LogP contribution in [-0.2, 0) is 38.6 Å². The smallest absolute Gasteiger partial charge is 0.444 e. The summed E-state index contributed by atoms with van der Waals surface area (Å²) in [5.74, 6) is 0. The first-order valence-corrected chi connectivity index (χ1v) is 25.3. The molecule has 0 saturated heterocycles. The number of ether oxygens (including phenoxy) is 4. The lowest BCUT2D eigenvalue weighted by atomic mass is 9.80. The molecule has 4 aromatic carbocycles. The van der Waals surface area contributed by atoms with Gasteiger partial charge in [-0.25, -0.2) is 36.0 Å². The Morgan fingerprint density at radius 3 is 1.19 bits per heavy atom. The van der Waals surface area contributed by atoms with Crippen LogP contribution in [-0.4, -0.2) is 93.3 Å². The van der Waals surface area contributed by atoms with Crippen LogP contribution < -0.4 is 26.7 Å². The molecule has 0 radical (unpaired) electrons. The van der Waals surface area contributed by atoms with Crippen molar-refractivity contribution < 1.29 is 65.0 Å². The Bertz CT molecular complexity index is 2650. The van der Waals surface area contributed by atoms with Gasteiger partial charge in [0.25, 0.3) is 0 Å². The van der Waals surface area contributed by atoms with Crippen LogP contribution >= 0.6 is 15.9 Å². The van der Waals surface area contributed by atoms with E-state index in [0.717, 1.165) is 17.0 Å². The molecule has 68 heavy (non-hydrogen) atoms. The van der Waals surface area contributed by atoms with Crippen LogP contribution in [0.5, 0.6) is 0 Å². The lowest BCUT2D eigenvalue weighted by molar-refractivity contribution is 0.0621. The fourth-order valence-electron chi connectivity index (χ4n) is 5.37. The predicted octanol–water partition coefficient (Wildman–Crippen LogP) is 9.36. The monoisotopic (exact) mass is 1050 g/mol. The van der Waals surface area contributed by atoms with Crippen LogP contribution in [0.15, 0.2) is 99.2 Å². The molecule has 0 atom stereocenters. The van der Waals surface area contributed by atoms with E-state index in [0.29, 0.717) is 22.5 Å². The molecule has 4 aromatic rings. The van der Waals surface area contributed by atoms with Crippen molar-refractivity contribution in [2.75, 3.05) is 33.8 Å². The SMILES string of the molecule is CC(C)(C)OC(=O)Nc1ccc(-c2ccccc2S(C)(=O)=O)cc1NC(=O)OC(C)(C)C.CC(C)(C)OC(=O)Nc1ccc(Br)cc1NC(=O)OC(C)(C)C.CS(=O)(=O)c1ccccc1B(O)O. The van der Waals surface area contributed by atoms with Gasteiger partial charge in [0, 0.05) is 28.0 Å². The number of anilines is 4. The number of rotatable bonds is 8. The van der Waals surface area contributed by atoms with E-state index in [-0.39, 0.29) is 26.6 Å². The molecule has 0 bridgehead atoms. The Morgan fingerprint density at radius 1 is 0.485 bits per heavy atom. The summed E-state index contributed by atoms with van der Waals surface area (Å²) in [5.41, 5.74) is -0.361. The zero-order chi connectivity index (χ0) is 52.2. The third-order valence-corrected chi connectivity index (χ3v) is 10.6. The molecule has 0 saturated carbocycles. The van der Waals surface area contributed by atoms with Crippen LogP contribution in [0.4, 0.5) is 41.9 Å². The first-order chi connectivity index (χ1) is 30.8. The third kappa shape index (κ3) is 22.0. The van der Waals surface area contributed by atoms with Gasteiger partial charge in [0.05, 0.1) is 32.5 Å². The minimum absolute atomic E-state index is 0.00463. The van der Waals surface area contributed by atoms with Gasteiger partial charge < -0.3 is 29.0 Å². The Balaban J connectivity index is 0.000000383. The Kier molecular flexibility index (Phi) is 20.3. The summed E-state index contributed by atoms with van der Waals surface area (Å²) in [5, 5.41) is 28.2. The first kappa shape index (κ1) is 58.5. The van der Waals surface area contributed by atoms with E-state index in [9.17, 15) is 36.0 Å². The molecule has 372 valence electrons. The number of benzene rings is 4. The summed E-state index contributed by atoms with van der Waals surface area (Å²) in [6, 6.07) is 22.2. The van der Waals surface area contributed by atoms with Gasteiger partial charge in [0.15, 0.2) is 19.7 Å². The second-order valence-electron chi connectivity index (χ2n) is 18.9. The molecule has 0 fully saturated rings. The molecule has 6 N–H and O–H groups in total. The average molecular weight is 1050 g/mol. The highest BCUT2D eigenvalue weighted by Crippen LogP contribution is 2.34. The quantitative estimate of drug-likeness (QED) is 0.0710. The maximum atomic E-state index is 12.4. The fourth-order valence-corrected chi connectivity index (χ4v) is 7.57. The molecule has 0 aliphatic carbocycles. The number of hydrogen-bond donors (Lipinski definition) is 6. The normalized spacial score (nSPS) is 11.8. The van der Waals surface area contributed by atoms with Crippen molar-refractivity contribution >= 4 is 95.3 Å². The number of carbonyl (C=O) groups excluding carboxylic acids is 4. The molecule has 0 aliphatic heterocycles. The van der Waals surface area contributed by atoms with Crippen molar-refractivity contribution in [3.63, 3.8) is 0 Å². The van der Waals surface area contributed by atoms with E-state index in [1.807, 2.05) is 0 Å². The van der Waals surface area contributed by atoms with E-state index >= 15 is 0 Å². The molecule has 18 nitrogen and oxygen atoms in total. The zero-order valence-electron chi connectivity index (χ0n) is 40.6. The van der Waals surface area contributed by atoms with E-state index < -0.39 is 73.6 Å². The number of carbonyl (C=O) groups is 4. The molecule has 0 aromatic heterocycles. The van der Waals surface area contributed by atoms with Crippen molar-refractivity contribution in [3.05, 3.63) is 89.4 Å². The van der Waals surface area contributed by atoms with E-state index in [2.05, 4.69) is 37.2 Å². The summed E-state index contributed by atoms with van der Waals surface area (Å²) >= 11 is 3.33. The second kappa shape index (κ2) is 23.6. The first-order valence-electron chi connectivity index (χ1n) is 20.7. The van der Waals surface area contributed by atoms with Gasteiger partial charge in [0.1, 0.15) is 22.4 Å². The molecule has 0 unspecified atom stereocenters. The van der Waals surface area contributed by atoms with Crippen LogP contribution in [0.25, 0.3) is 11.1 Å². The number of halogens is 1. The van der Waals surface area contributed by atoms with Crippen LogP contribution in [0.3, 0.4) is 0 Å². The Morgan fingerprint density at radius 2 is 0.824 bits per heavy atom. The number of amides is 4. The lowest BCUT2D eigenvalue weighted by Gasteiger charge is -2.22. The van der Waals surface area contributed by atoms with Gasteiger partial charge in [-0.15, -0.1) is 0 Å². The molecule has 0 heterocycles. The average Bonchev–Trinajstić information content (AvgIpc) is 3.13. The van der Waals surface area contributed by atoms with Gasteiger partial charge >= 0.3 is 31.5 Å². The van der Waals surface area contributed by atoms with E-state index in [1.54, 1.807) is 144 Å². The number of sulfone groups is 2. The second-order valence-corrected chi connectivity index (χ2v) is 23.8. The van der Waals surface area contributed by atoms with Gasteiger partial charge in [-0.3, -0.25) is 21.3 Å². The van der Waals surface area contributed by atoms with E-state index in [1.165, 1.54) is 24.3 Å². The van der Waals surface area contributed by atoms with Crippen LogP contribution in [0.2, 0.25) is 0 Å². The third-order valence-electron chi connectivity index (χ3n) is 7.74. The minimum Gasteiger partial charge on any atom is -0.444 e. The molecule has 0 spiro atoms. The van der Waals surface area contributed by atoms with Crippen molar-refractivity contribution in [1.29, 1.82) is 0 Å². The highest BCUT2D eigenvalue weighted by molar-refractivity contribution is 9.10. The molecular weight excluding hydrogens is 987 g/mol. The lowest BCUT2D eigenvalue weighted by Crippen LogP contribution is -2.33. The Hall–Kier alpha value is -5.68. The largest absolute Gasteiger partial charge is 0.489 e. The van der Waals surface area contributed by atoms with Crippen LogP contribution in [0, 0.1) is 0 Å². The summed E-state index contributed by atoms with van der Waals surface area (Å²) in [6.45, 7) is 21.0.